The minimum atomic E-state index is -0.235. The van der Waals surface area contributed by atoms with Crippen molar-refractivity contribution in [3.8, 4) is 0 Å². The lowest BCUT2D eigenvalue weighted by atomic mass is 10.1. The monoisotopic (exact) mass is 215 g/mol. The van der Waals surface area contributed by atoms with Gasteiger partial charge in [0.1, 0.15) is 0 Å². The SMILES string of the molecule is Cc1ccc2ccc(CC[C@@H](C)O)cc2n1. The molecule has 0 radical (unpaired) electrons. The van der Waals surface area contributed by atoms with Crippen LogP contribution in [0.1, 0.15) is 24.6 Å². The summed E-state index contributed by atoms with van der Waals surface area (Å²) in [6, 6.07) is 10.4. The van der Waals surface area contributed by atoms with Gasteiger partial charge in [-0.15, -0.1) is 0 Å². The van der Waals surface area contributed by atoms with Crippen LogP contribution in [0.2, 0.25) is 0 Å². The van der Waals surface area contributed by atoms with Crippen molar-refractivity contribution < 1.29 is 5.11 Å². The Hall–Kier alpha value is -1.41. The molecule has 84 valence electrons. The normalized spacial score (nSPS) is 12.9. The number of aliphatic hydroxyl groups is 1. The summed E-state index contributed by atoms with van der Waals surface area (Å²) in [6.45, 7) is 3.82. The average molecular weight is 215 g/mol. The second kappa shape index (κ2) is 4.62. The zero-order valence-corrected chi connectivity index (χ0v) is 9.77. The summed E-state index contributed by atoms with van der Waals surface area (Å²) in [6.07, 6.45) is 1.47. The smallest absolute Gasteiger partial charge is 0.0707 e. The number of nitrogens with zero attached hydrogens (tertiary/aromatic N) is 1. The maximum Gasteiger partial charge on any atom is 0.0707 e. The molecule has 0 unspecified atom stereocenters. The molecule has 0 aliphatic rings. The third-order valence-corrected chi connectivity index (χ3v) is 2.75. The molecule has 0 fully saturated rings. The summed E-state index contributed by atoms with van der Waals surface area (Å²) in [7, 11) is 0. The molecule has 0 aliphatic carbocycles. The van der Waals surface area contributed by atoms with Crippen LogP contribution in [-0.4, -0.2) is 16.2 Å². The zero-order valence-electron chi connectivity index (χ0n) is 9.77. The molecule has 0 aliphatic heterocycles. The van der Waals surface area contributed by atoms with E-state index in [1.165, 1.54) is 10.9 Å². The van der Waals surface area contributed by atoms with Gasteiger partial charge < -0.3 is 5.11 Å². The number of rotatable bonds is 3. The van der Waals surface area contributed by atoms with E-state index in [4.69, 9.17) is 0 Å². The van der Waals surface area contributed by atoms with Gasteiger partial charge in [0.15, 0.2) is 0 Å². The van der Waals surface area contributed by atoms with Crippen LogP contribution in [0, 0.1) is 6.92 Å². The van der Waals surface area contributed by atoms with Crippen molar-refractivity contribution in [1.29, 1.82) is 0 Å². The molecule has 1 atom stereocenters. The predicted molar refractivity (Wildman–Crippen MR) is 66.5 cm³/mol. The van der Waals surface area contributed by atoms with Crippen molar-refractivity contribution in [2.75, 3.05) is 0 Å². The Morgan fingerprint density at radius 3 is 2.75 bits per heavy atom. The molecule has 1 N–H and O–H groups in total. The van der Waals surface area contributed by atoms with Crippen LogP contribution in [0.25, 0.3) is 10.9 Å². The molecule has 1 aromatic heterocycles. The van der Waals surface area contributed by atoms with Crippen LogP contribution in [0.4, 0.5) is 0 Å². The van der Waals surface area contributed by atoms with Crippen molar-refractivity contribution in [1.82, 2.24) is 4.98 Å². The maximum atomic E-state index is 9.26. The molecule has 0 saturated carbocycles. The molecule has 0 amide bonds. The van der Waals surface area contributed by atoms with Crippen molar-refractivity contribution in [2.24, 2.45) is 0 Å². The molecule has 1 aromatic carbocycles. The van der Waals surface area contributed by atoms with Gasteiger partial charge in [0.2, 0.25) is 0 Å². The molecule has 2 aromatic rings. The highest BCUT2D eigenvalue weighted by Crippen LogP contribution is 2.16. The Labute approximate surface area is 96.0 Å². The third-order valence-electron chi connectivity index (χ3n) is 2.75. The van der Waals surface area contributed by atoms with E-state index in [-0.39, 0.29) is 6.10 Å². The van der Waals surface area contributed by atoms with E-state index >= 15 is 0 Å². The quantitative estimate of drug-likeness (QED) is 0.854. The highest BCUT2D eigenvalue weighted by atomic mass is 16.3. The highest BCUT2D eigenvalue weighted by Gasteiger charge is 2.00. The molecule has 0 saturated heterocycles. The Kier molecular flexibility index (Phi) is 3.20. The Balaban J connectivity index is 2.28. The van der Waals surface area contributed by atoms with Crippen LogP contribution in [0.15, 0.2) is 30.3 Å². The number of pyridine rings is 1. The van der Waals surface area contributed by atoms with Gasteiger partial charge in [-0.25, -0.2) is 0 Å². The van der Waals surface area contributed by atoms with Crippen LogP contribution in [-0.2, 0) is 6.42 Å². The maximum absolute atomic E-state index is 9.26. The van der Waals surface area contributed by atoms with Crippen molar-refractivity contribution in [2.45, 2.75) is 32.8 Å². The van der Waals surface area contributed by atoms with E-state index in [1.54, 1.807) is 0 Å². The molecule has 2 rings (SSSR count). The van der Waals surface area contributed by atoms with Crippen LogP contribution < -0.4 is 0 Å². The third kappa shape index (κ3) is 2.58. The first-order chi connectivity index (χ1) is 7.65. The first kappa shape index (κ1) is 11.1. The minimum absolute atomic E-state index is 0.235. The molecule has 2 heteroatoms. The van der Waals surface area contributed by atoms with Crippen LogP contribution in [0.3, 0.4) is 0 Å². The van der Waals surface area contributed by atoms with Crippen LogP contribution in [0.5, 0.6) is 0 Å². The Morgan fingerprint density at radius 1 is 1.25 bits per heavy atom. The number of aliphatic hydroxyl groups excluding tert-OH is 1. The van der Waals surface area contributed by atoms with E-state index < -0.39 is 0 Å². The summed E-state index contributed by atoms with van der Waals surface area (Å²) in [5.41, 5.74) is 3.33. The largest absolute Gasteiger partial charge is 0.393 e. The Bertz CT molecular complexity index is 491. The lowest BCUT2D eigenvalue weighted by Gasteiger charge is -2.05. The lowest BCUT2D eigenvalue weighted by Crippen LogP contribution is -2.01. The van der Waals surface area contributed by atoms with Gasteiger partial charge in [0, 0.05) is 11.1 Å². The van der Waals surface area contributed by atoms with Crippen LogP contribution >= 0.6 is 0 Å². The van der Waals surface area contributed by atoms with Gasteiger partial charge in [-0.2, -0.15) is 0 Å². The first-order valence-electron chi connectivity index (χ1n) is 5.69. The fourth-order valence-corrected chi connectivity index (χ4v) is 1.80. The number of hydrogen-bond donors (Lipinski definition) is 1. The fourth-order valence-electron chi connectivity index (χ4n) is 1.80. The minimum Gasteiger partial charge on any atom is -0.393 e. The predicted octanol–water partition coefficient (Wildman–Crippen LogP) is 2.86. The second-order valence-electron chi connectivity index (χ2n) is 4.37. The van der Waals surface area contributed by atoms with Gasteiger partial charge in [0.25, 0.3) is 0 Å². The first-order valence-corrected chi connectivity index (χ1v) is 5.69. The molecule has 0 bridgehead atoms. The second-order valence-corrected chi connectivity index (χ2v) is 4.37. The highest BCUT2D eigenvalue weighted by molar-refractivity contribution is 5.79. The van der Waals surface area contributed by atoms with E-state index in [0.717, 1.165) is 24.1 Å². The van der Waals surface area contributed by atoms with Crippen molar-refractivity contribution in [3.05, 3.63) is 41.6 Å². The summed E-state index contributed by atoms with van der Waals surface area (Å²) < 4.78 is 0. The average Bonchev–Trinajstić information content (AvgIpc) is 2.25. The van der Waals surface area contributed by atoms with E-state index in [1.807, 2.05) is 19.9 Å². The zero-order chi connectivity index (χ0) is 11.5. The molecule has 0 spiro atoms. The number of aromatic nitrogens is 1. The summed E-state index contributed by atoms with van der Waals surface area (Å²) >= 11 is 0. The summed E-state index contributed by atoms with van der Waals surface area (Å²) in [5, 5.41) is 10.4. The van der Waals surface area contributed by atoms with E-state index in [9.17, 15) is 5.11 Å². The summed E-state index contributed by atoms with van der Waals surface area (Å²) in [4.78, 5) is 4.50. The van der Waals surface area contributed by atoms with Gasteiger partial charge >= 0.3 is 0 Å². The number of benzene rings is 1. The Morgan fingerprint density at radius 2 is 2.00 bits per heavy atom. The molecular formula is C14H17NO. The number of hydrogen-bond acceptors (Lipinski definition) is 2. The van der Waals surface area contributed by atoms with E-state index in [0.29, 0.717) is 0 Å². The van der Waals surface area contributed by atoms with Gasteiger partial charge in [0.05, 0.1) is 11.6 Å². The summed E-state index contributed by atoms with van der Waals surface area (Å²) in [5.74, 6) is 0. The van der Waals surface area contributed by atoms with Crippen molar-refractivity contribution in [3.63, 3.8) is 0 Å². The van der Waals surface area contributed by atoms with Crippen molar-refractivity contribution >= 4 is 10.9 Å². The molecule has 16 heavy (non-hydrogen) atoms. The number of fused-ring (bicyclic) bond motifs is 1. The standard InChI is InChI=1S/C14H17NO/c1-10-3-7-13-8-6-12(5-4-11(2)16)9-14(13)15-10/h3,6-9,11,16H,4-5H2,1-2H3/t11-/m1/s1. The molecular weight excluding hydrogens is 198 g/mol. The molecule has 2 nitrogen and oxygen atoms in total. The molecule has 1 heterocycles. The topological polar surface area (TPSA) is 33.1 Å². The van der Waals surface area contributed by atoms with Gasteiger partial charge in [-0.1, -0.05) is 18.2 Å². The van der Waals surface area contributed by atoms with E-state index in [2.05, 4.69) is 29.2 Å². The lowest BCUT2D eigenvalue weighted by molar-refractivity contribution is 0.185. The number of aryl methyl sites for hydroxylation is 2. The fraction of sp³-hybridized carbons (Fsp3) is 0.357. The van der Waals surface area contributed by atoms with Gasteiger partial charge in [-0.05, 0) is 44.4 Å². The van der Waals surface area contributed by atoms with Gasteiger partial charge in [-0.3, -0.25) is 4.98 Å².